The summed E-state index contributed by atoms with van der Waals surface area (Å²) in [6.45, 7) is 1.94. The minimum absolute atomic E-state index is 0.0890. The van der Waals surface area contributed by atoms with Crippen molar-refractivity contribution in [3.05, 3.63) is 47.3 Å². The number of thiophene rings is 1. The van der Waals surface area contributed by atoms with Crippen LogP contribution < -0.4 is 16.0 Å². The second-order valence-corrected chi connectivity index (χ2v) is 7.64. The summed E-state index contributed by atoms with van der Waals surface area (Å²) in [5.74, 6) is -0.154. The van der Waals surface area contributed by atoms with Gasteiger partial charge in [0.25, 0.3) is 5.91 Å². The first kappa shape index (κ1) is 19.9. The number of hydrogen-bond acceptors (Lipinski definition) is 4. The van der Waals surface area contributed by atoms with Crippen molar-refractivity contribution in [2.75, 3.05) is 30.3 Å². The average molecular weight is 401 g/mol. The molecular formula is C20H24N4O3S. The zero-order chi connectivity index (χ0) is 19.8. The van der Waals surface area contributed by atoms with Crippen LogP contribution >= 0.6 is 11.3 Å². The molecule has 0 aliphatic carbocycles. The van der Waals surface area contributed by atoms with Crippen molar-refractivity contribution in [1.82, 2.24) is 10.2 Å². The molecular weight excluding hydrogens is 376 g/mol. The van der Waals surface area contributed by atoms with Crippen molar-refractivity contribution < 1.29 is 14.4 Å². The second kappa shape index (κ2) is 9.89. The number of para-hydroxylation sites is 1. The number of anilines is 2. The summed E-state index contributed by atoms with van der Waals surface area (Å²) in [6.07, 6.45) is 3.60. The number of carbonyl (C=O) groups is 3. The van der Waals surface area contributed by atoms with Gasteiger partial charge < -0.3 is 15.5 Å². The van der Waals surface area contributed by atoms with E-state index in [0.717, 1.165) is 25.9 Å². The molecule has 148 valence electrons. The van der Waals surface area contributed by atoms with Crippen molar-refractivity contribution in [3.63, 3.8) is 0 Å². The van der Waals surface area contributed by atoms with Gasteiger partial charge >= 0.3 is 6.03 Å². The zero-order valence-electron chi connectivity index (χ0n) is 15.6. The standard InChI is InChI=1S/C20H24N4O3S/c25-18(24-13-5-2-6-14-24)11-12-21-19(26)16-9-10-17(28-16)23-20(27)22-15-7-3-1-4-8-15/h1,3-4,7-10H,2,5-6,11-14H2,(H,21,26)(H2,22,23,27). The number of rotatable bonds is 6. The normalized spacial score (nSPS) is 13.6. The fourth-order valence-electron chi connectivity index (χ4n) is 2.99. The Morgan fingerprint density at radius 3 is 2.43 bits per heavy atom. The van der Waals surface area contributed by atoms with E-state index < -0.39 is 0 Å². The van der Waals surface area contributed by atoms with E-state index in [-0.39, 0.29) is 17.8 Å². The van der Waals surface area contributed by atoms with Crippen LogP contribution in [0.2, 0.25) is 0 Å². The molecule has 1 fully saturated rings. The molecule has 3 N–H and O–H groups in total. The molecule has 2 heterocycles. The Kier molecular flexibility index (Phi) is 7.02. The SMILES string of the molecule is O=C(Nc1ccccc1)Nc1ccc(C(=O)NCCC(=O)N2CCCCC2)s1. The molecule has 8 heteroatoms. The first-order chi connectivity index (χ1) is 13.6. The fraction of sp³-hybridized carbons (Fsp3) is 0.350. The highest BCUT2D eigenvalue weighted by molar-refractivity contribution is 7.18. The van der Waals surface area contributed by atoms with Gasteiger partial charge in [0.2, 0.25) is 5.91 Å². The Morgan fingerprint density at radius 2 is 1.68 bits per heavy atom. The van der Waals surface area contributed by atoms with Gasteiger partial charge in [0.05, 0.1) is 9.88 Å². The summed E-state index contributed by atoms with van der Waals surface area (Å²) in [6, 6.07) is 12.1. The predicted molar refractivity (Wildman–Crippen MR) is 111 cm³/mol. The number of likely N-dealkylation sites (tertiary alicyclic amines) is 1. The predicted octanol–water partition coefficient (Wildman–Crippen LogP) is 3.52. The third-order valence-electron chi connectivity index (χ3n) is 4.43. The summed E-state index contributed by atoms with van der Waals surface area (Å²) in [5.41, 5.74) is 0.688. The number of hydrogen-bond donors (Lipinski definition) is 3. The molecule has 0 bridgehead atoms. The molecule has 7 nitrogen and oxygen atoms in total. The van der Waals surface area contributed by atoms with E-state index in [0.29, 0.717) is 28.5 Å². The van der Waals surface area contributed by atoms with Gasteiger partial charge in [-0.3, -0.25) is 14.9 Å². The van der Waals surface area contributed by atoms with Crippen LogP contribution in [-0.2, 0) is 4.79 Å². The van der Waals surface area contributed by atoms with Gasteiger partial charge in [0, 0.05) is 31.7 Å². The van der Waals surface area contributed by atoms with Gasteiger partial charge in [-0.05, 0) is 43.5 Å². The van der Waals surface area contributed by atoms with E-state index in [4.69, 9.17) is 0 Å². The largest absolute Gasteiger partial charge is 0.351 e. The number of nitrogens with one attached hydrogen (secondary N) is 3. The zero-order valence-corrected chi connectivity index (χ0v) is 16.4. The molecule has 0 spiro atoms. The third-order valence-corrected chi connectivity index (χ3v) is 5.43. The van der Waals surface area contributed by atoms with Gasteiger partial charge in [-0.15, -0.1) is 11.3 Å². The highest BCUT2D eigenvalue weighted by Gasteiger charge is 2.17. The summed E-state index contributed by atoms with van der Waals surface area (Å²) < 4.78 is 0. The number of amides is 4. The van der Waals surface area contributed by atoms with Gasteiger partial charge in [0.15, 0.2) is 0 Å². The Balaban J connectivity index is 1.42. The smallest absolute Gasteiger partial charge is 0.324 e. The lowest BCUT2D eigenvalue weighted by molar-refractivity contribution is -0.131. The van der Waals surface area contributed by atoms with Gasteiger partial charge in [0.1, 0.15) is 0 Å². The monoisotopic (exact) mass is 400 g/mol. The molecule has 0 radical (unpaired) electrons. The van der Waals surface area contributed by atoms with E-state index >= 15 is 0 Å². The number of carbonyl (C=O) groups excluding carboxylic acids is 3. The van der Waals surface area contributed by atoms with E-state index in [1.54, 1.807) is 24.3 Å². The number of nitrogens with zero attached hydrogens (tertiary/aromatic N) is 1. The topological polar surface area (TPSA) is 90.5 Å². The lowest BCUT2D eigenvalue weighted by atomic mass is 10.1. The van der Waals surface area contributed by atoms with Crippen LogP contribution in [0.1, 0.15) is 35.4 Å². The van der Waals surface area contributed by atoms with Gasteiger partial charge in [-0.1, -0.05) is 18.2 Å². The molecule has 2 aromatic rings. The summed E-state index contributed by atoms with van der Waals surface area (Å²) in [7, 11) is 0. The number of benzene rings is 1. The Labute approximate surface area is 168 Å². The van der Waals surface area contributed by atoms with Gasteiger partial charge in [-0.25, -0.2) is 4.79 Å². The van der Waals surface area contributed by atoms with Crippen LogP contribution in [0.15, 0.2) is 42.5 Å². The van der Waals surface area contributed by atoms with E-state index in [1.165, 1.54) is 17.8 Å². The number of urea groups is 1. The molecule has 0 unspecified atom stereocenters. The van der Waals surface area contributed by atoms with Crippen molar-refractivity contribution >= 4 is 39.9 Å². The second-order valence-electron chi connectivity index (χ2n) is 6.56. The van der Waals surface area contributed by atoms with E-state index in [2.05, 4.69) is 16.0 Å². The molecule has 28 heavy (non-hydrogen) atoms. The van der Waals surface area contributed by atoms with Crippen molar-refractivity contribution in [1.29, 1.82) is 0 Å². The highest BCUT2D eigenvalue weighted by atomic mass is 32.1. The minimum Gasteiger partial charge on any atom is -0.351 e. The van der Waals surface area contributed by atoms with E-state index in [1.807, 2.05) is 23.1 Å². The van der Waals surface area contributed by atoms with Crippen LogP contribution in [0.5, 0.6) is 0 Å². The Bertz CT molecular complexity index is 816. The van der Waals surface area contributed by atoms with E-state index in [9.17, 15) is 14.4 Å². The fourth-order valence-corrected chi connectivity index (χ4v) is 3.81. The molecule has 0 saturated carbocycles. The maximum absolute atomic E-state index is 12.2. The molecule has 4 amide bonds. The maximum atomic E-state index is 12.2. The summed E-state index contributed by atoms with van der Waals surface area (Å²) >= 11 is 1.19. The summed E-state index contributed by atoms with van der Waals surface area (Å²) in [4.78, 5) is 38.7. The summed E-state index contributed by atoms with van der Waals surface area (Å²) in [5, 5.41) is 8.77. The van der Waals surface area contributed by atoms with Crippen molar-refractivity contribution in [2.24, 2.45) is 0 Å². The van der Waals surface area contributed by atoms with Gasteiger partial charge in [-0.2, -0.15) is 0 Å². The van der Waals surface area contributed by atoms with Crippen LogP contribution in [-0.4, -0.2) is 42.4 Å². The Hall–Kier alpha value is -2.87. The van der Waals surface area contributed by atoms with Crippen LogP contribution in [0.3, 0.4) is 0 Å². The van der Waals surface area contributed by atoms with Crippen molar-refractivity contribution in [2.45, 2.75) is 25.7 Å². The van der Waals surface area contributed by atoms with Crippen molar-refractivity contribution in [3.8, 4) is 0 Å². The molecule has 1 aliphatic rings. The minimum atomic E-state index is -0.368. The molecule has 1 saturated heterocycles. The third kappa shape index (κ3) is 5.82. The lowest BCUT2D eigenvalue weighted by Gasteiger charge is -2.26. The quantitative estimate of drug-likeness (QED) is 0.693. The lowest BCUT2D eigenvalue weighted by Crippen LogP contribution is -2.37. The first-order valence-electron chi connectivity index (χ1n) is 9.41. The van der Waals surface area contributed by atoms with Crippen LogP contribution in [0.25, 0.3) is 0 Å². The molecule has 3 rings (SSSR count). The Morgan fingerprint density at radius 1 is 0.929 bits per heavy atom. The molecule has 1 aromatic heterocycles. The molecule has 1 aromatic carbocycles. The average Bonchev–Trinajstić information content (AvgIpc) is 3.17. The number of piperidine rings is 1. The maximum Gasteiger partial charge on any atom is 0.324 e. The molecule has 1 aliphatic heterocycles. The highest BCUT2D eigenvalue weighted by Crippen LogP contribution is 2.22. The van der Waals surface area contributed by atoms with Crippen LogP contribution in [0, 0.1) is 0 Å². The molecule has 0 atom stereocenters. The first-order valence-corrected chi connectivity index (χ1v) is 10.2. The van der Waals surface area contributed by atoms with Crippen LogP contribution in [0.4, 0.5) is 15.5 Å².